The molecule has 2 rings (SSSR count). The second-order valence-corrected chi connectivity index (χ2v) is 4.40. The largest absolute Gasteiger partial charge is 0.433 e. The Labute approximate surface area is 113 Å². The van der Waals surface area contributed by atoms with Crippen molar-refractivity contribution in [1.82, 2.24) is 9.78 Å². The number of allylic oxidation sites excluding steroid dienone is 1. The van der Waals surface area contributed by atoms with Crippen molar-refractivity contribution in [3.8, 4) is 5.69 Å². The summed E-state index contributed by atoms with van der Waals surface area (Å²) in [6, 6.07) is 8.12. The highest BCUT2D eigenvalue weighted by molar-refractivity contribution is 5.35. The number of halogens is 3. The molecule has 20 heavy (non-hydrogen) atoms. The summed E-state index contributed by atoms with van der Waals surface area (Å²) in [6.07, 6.45) is -3.30. The molecule has 0 aliphatic carbocycles. The summed E-state index contributed by atoms with van der Waals surface area (Å²) in [5.74, 6) is -0.694. The molecule has 0 saturated carbocycles. The van der Waals surface area contributed by atoms with Gasteiger partial charge in [-0.3, -0.25) is 9.89 Å². The summed E-state index contributed by atoms with van der Waals surface area (Å²) in [7, 11) is 0. The van der Waals surface area contributed by atoms with Gasteiger partial charge in [0.2, 0.25) is 0 Å². The van der Waals surface area contributed by atoms with Gasteiger partial charge < -0.3 is 0 Å². The van der Waals surface area contributed by atoms with Gasteiger partial charge >= 0.3 is 6.18 Å². The molecule has 1 unspecified atom stereocenters. The van der Waals surface area contributed by atoms with Gasteiger partial charge in [0.15, 0.2) is 0 Å². The van der Waals surface area contributed by atoms with E-state index in [-0.39, 0.29) is 5.56 Å². The zero-order valence-corrected chi connectivity index (χ0v) is 10.7. The summed E-state index contributed by atoms with van der Waals surface area (Å²) >= 11 is 0. The Morgan fingerprint density at radius 2 is 1.90 bits per heavy atom. The third-order valence-corrected chi connectivity index (χ3v) is 3.03. The number of aromatic nitrogens is 2. The summed E-state index contributed by atoms with van der Waals surface area (Å²) in [4.78, 5) is 12.2. The van der Waals surface area contributed by atoms with Crippen molar-refractivity contribution in [3.05, 3.63) is 64.6 Å². The molecule has 0 saturated heterocycles. The molecule has 3 nitrogen and oxygen atoms in total. The van der Waals surface area contributed by atoms with Crippen molar-refractivity contribution in [3.63, 3.8) is 0 Å². The summed E-state index contributed by atoms with van der Waals surface area (Å²) in [5, 5.41) is 2.15. The quantitative estimate of drug-likeness (QED) is 0.860. The van der Waals surface area contributed by atoms with E-state index in [2.05, 4.69) is 11.7 Å². The van der Waals surface area contributed by atoms with Gasteiger partial charge in [-0.2, -0.15) is 13.2 Å². The van der Waals surface area contributed by atoms with Crippen LogP contribution < -0.4 is 5.56 Å². The number of alkyl halides is 3. The maximum absolute atomic E-state index is 13.0. The molecule has 0 fully saturated rings. The molecule has 1 heterocycles. The molecule has 1 aromatic heterocycles. The van der Waals surface area contributed by atoms with Crippen LogP contribution in [0, 0.1) is 0 Å². The Morgan fingerprint density at radius 1 is 1.30 bits per heavy atom. The first-order valence-electron chi connectivity index (χ1n) is 5.96. The highest BCUT2D eigenvalue weighted by Crippen LogP contribution is 2.32. The lowest BCUT2D eigenvalue weighted by atomic mass is 10.0. The van der Waals surface area contributed by atoms with Crippen LogP contribution in [0.15, 0.2) is 47.8 Å². The number of nitrogens with zero attached hydrogens (tertiary/aromatic N) is 1. The van der Waals surface area contributed by atoms with E-state index in [0.29, 0.717) is 5.69 Å². The summed E-state index contributed by atoms with van der Waals surface area (Å²) < 4.78 is 40.0. The molecule has 1 atom stereocenters. The molecular weight excluding hydrogens is 269 g/mol. The maximum atomic E-state index is 13.0. The Hall–Kier alpha value is -2.24. The van der Waals surface area contributed by atoms with Crippen LogP contribution >= 0.6 is 0 Å². The minimum absolute atomic E-state index is 0.323. The van der Waals surface area contributed by atoms with Gasteiger partial charge in [-0.1, -0.05) is 31.2 Å². The van der Waals surface area contributed by atoms with Crippen LogP contribution in [0.3, 0.4) is 0 Å². The molecule has 0 amide bonds. The van der Waals surface area contributed by atoms with E-state index in [9.17, 15) is 18.0 Å². The topological polar surface area (TPSA) is 37.8 Å². The lowest BCUT2D eigenvalue weighted by Crippen LogP contribution is -2.18. The SMILES string of the molecule is C=CC(C)c1c(C(F)(F)F)[nH]n(-c2ccccc2)c1=O. The predicted octanol–water partition coefficient (Wildman–Crippen LogP) is 3.47. The molecule has 1 aromatic carbocycles. The van der Waals surface area contributed by atoms with Crippen LogP contribution in [0.1, 0.15) is 24.1 Å². The summed E-state index contributed by atoms with van der Waals surface area (Å²) in [6.45, 7) is 4.96. The third-order valence-electron chi connectivity index (χ3n) is 3.03. The Morgan fingerprint density at radius 3 is 2.40 bits per heavy atom. The van der Waals surface area contributed by atoms with Crippen molar-refractivity contribution < 1.29 is 13.2 Å². The van der Waals surface area contributed by atoms with Gasteiger partial charge in [-0.15, -0.1) is 6.58 Å². The second-order valence-electron chi connectivity index (χ2n) is 4.40. The van der Waals surface area contributed by atoms with E-state index in [1.807, 2.05) is 0 Å². The lowest BCUT2D eigenvalue weighted by Gasteiger charge is -2.08. The number of nitrogens with one attached hydrogen (secondary N) is 1. The minimum atomic E-state index is -4.62. The number of rotatable bonds is 3. The average molecular weight is 282 g/mol. The van der Waals surface area contributed by atoms with Crippen LogP contribution in [0.4, 0.5) is 13.2 Å². The van der Waals surface area contributed by atoms with Gasteiger partial charge in [0.25, 0.3) is 5.56 Å². The number of para-hydroxylation sites is 1. The third kappa shape index (κ3) is 2.41. The zero-order chi connectivity index (χ0) is 14.9. The van der Waals surface area contributed by atoms with Crippen LogP contribution in [-0.4, -0.2) is 9.78 Å². The lowest BCUT2D eigenvalue weighted by molar-refractivity contribution is -0.142. The first-order chi connectivity index (χ1) is 9.36. The van der Waals surface area contributed by atoms with Crippen molar-refractivity contribution in [1.29, 1.82) is 0 Å². The highest BCUT2D eigenvalue weighted by Gasteiger charge is 2.39. The standard InChI is InChI=1S/C14H13F3N2O/c1-3-9(2)11-12(14(15,16)17)18-19(13(11)20)10-7-5-4-6-8-10/h3-9,18H,1H2,2H3. The first-order valence-corrected chi connectivity index (χ1v) is 5.96. The Balaban J connectivity index is 2.72. The van der Waals surface area contributed by atoms with Gasteiger partial charge in [-0.25, -0.2) is 4.68 Å². The maximum Gasteiger partial charge on any atom is 0.433 e. The molecule has 0 bridgehead atoms. The van der Waals surface area contributed by atoms with E-state index in [0.717, 1.165) is 4.68 Å². The van der Waals surface area contributed by atoms with Crippen LogP contribution in [0.2, 0.25) is 0 Å². The number of hydrogen-bond donors (Lipinski definition) is 1. The molecule has 1 N–H and O–H groups in total. The molecule has 106 valence electrons. The summed E-state index contributed by atoms with van der Waals surface area (Å²) in [5.41, 5.74) is -1.71. The van der Waals surface area contributed by atoms with Crippen LogP contribution in [-0.2, 0) is 6.18 Å². The number of H-pyrrole nitrogens is 1. The van der Waals surface area contributed by atoms with Crippen LogP contribution in [0.5, 0.6) is 0 Å². The van der Waals surface area contributed by atoms with Gasteiger partial charge in [-0.05, 0) is 12.1 Å². The molecule has 2 aromatic rings. The molecule has 0 aliphatic rings. The average Bonchev–Trinajstić information content (AvgIpc) is 2.76. The van der Waals surface area contributed by atoms with E-state index < -0.39 is 23.3 Å². The molecule has 6 heteroatoms. The first kappa shape index (κ1) is 14.2. The Kier molecular flexibility index (Phi) is 3.57. The van der Waals surface area contributed by atoms with E-state index in [4.69, 9.17) is 0 Å². The molecule has 0 spiro atoms. The minimum Gasteiger partial charge on any atom is -0.286 e. The monoisotopic (exact) mass is 282 g/mol. The number of aromatic amines is 1. The van der Waals surface area contributed by atoms with Crippen molar-refractivity contribution >= 4 is 0 Å². The van der Waals surface area contributed by atoms with E-state index >= 15 is 0 Å². The fraction of sp³-hybridized carbons (Fsp3) is 0.214. The Bertz CT molecular complexity index is 668. The van der Waals surface area contributed by atoms with Gasteiger partial charge in [0.1, 0.15) is 5.69 Å². The van der Waals surface area contributed by atoms with Crippen molar-refractivity contribution in [2.75, 3.05) is 0 Å². The molecule has 0 radical (unpaired) electrons. The normalized spacial score (nSPS) is 13.2. The number of hydrogen-bond acceptors (Lipinski definition) is 1. The van der Waals surface area contributed by atoms with E-state index in [1.165, 1.54) is 13.0 Å². The van der Waals surface area contributed by atoms with Gasteiger partial charge in [0, 0.05) is 5.92 Å². The molecule has 0 aliphatic heterocycles. The zero-order valence-electron chi connectivity index (χ0n) is 10.7. The van der Waals surface area contributed by atoms with E-state index in [1.54, 1.807) is 30.3 Å². The van der Waals surface area contributed by atoms with Crippen LogP contribution in [0.25, 0.3) is 5.69 Å². The van der Waals surface area contributed by atoms with Crippen molar-refractivity contribution in [2.24, 2.45) is 0 Å². The fourth-order valence-corrected chi connectivity index (χ4v) is 1.97. The smallest absolute Gasteiger partial charge is 0.286 e. The van der Waals surface area contributed by atoms with Gasteiger partial charge in [0.05, 0.1) is 11.3 Å². The highest BCUT2D eigenvalue weighted by atomic mass is 19.4. The van der Waals surface area contributed by atoms with Crippen molar-refractivity contribution in [2.45, 2.75) is 19.0 Å². The predicted molar refractivity (Wildman–Crippen MR) is 70.0 cm³/mol. The molecular formula is C14H13F3N2O. The second kappa shape index (κ2) is 5.03. The number of benzene rings is 1. The fourth-order valence-electron chi connectivity index (χ4n) is 1.97.